The highest BCUT2D eigenvalue weighted by Gasteiger charge is 2.51. The minimum Gasteiger partial charge on any atom is -0.325 e. The third-order valence-electron chi connectivity index (χ3n) is 4.58. The second-order valence-electron chi connectivity index (χ2n) is 6.24. The van der Waals surface area contributed by atoms with Crippen LogP contribution < -0.4 is 5.32 Å². The Bertz CT molecular complexity index is 822. The van der Waals surface area contributed by atoms with Gasteiger partial charge >= 0.3 is 0 Å². The van der Waals surface area contributed by atoms with E-state index in [-0.39, 0.29) is 11.3 Å². The first-order chi connectivity index (χ1) is 11.8. The molecule has 24 heavy (non-hydrogen) atoms. The summed E-state index contributed by atoms with van der Waals surface area (Å²) in [5.41, 5.74) is 4.71. The van der Waals surface area contributed by atoms with E-state index >= 15 is 0 Å². The summed E-state index contributed by atoms with van der Waals surface area (Å²) >= 11 is 1.66. The largest absolute Gasteiger partial charge is 0.325 e. The zero-order chi connectivity index (χ0) is 16.4. The number of carbonyl (C=O) groups is 1. The number of anilines is 1. The molecule has 0 atom stereocenters. The van der Waals surface area contributed by atoms with E-state index in [9.17, 15) is 4.79 Å². The predicted molar refractivity (Wildman–Crippen MR) is 97.3 cm³/mol. The lowest BCUT2D eigenvalue weighted by atomic mass is 9.95. The summed E-state index contributed by atoms with van der Waals surface area (Å²) in [6.07, 6.45) is 4.63. The summed E-state index contributed by atoms with van der Waals surface area (Å²) in [7, 11) is 0. The first kappa shape index (κ1) is 15.1. The maximum Gasteiger partial charge on any atom is 0.235 e. The highest BCUT2D eigenvalue weighted by atomic mass is 32.1. The van der Waals surface area contributed by atoms with Crippen molar-refractivity contribution in [3.05, 3.63) is 82.3 Å². The first-order valence-electron chi connectivity index (χ1n) is 8.10. The Labute approximate surface area is 145 Å². The molecule has 2 aromatic carbocycles. The van der Waals surface area contributed by atoms with Crippen molar-refractivity contribution < 1.29 is 4.79 Å². The average molecular weight is 334 g/mol. The van der Waals surface area contributed by atoms with Gasteiger partial charge in [-0.2, -0.15) is 0 Å². The normalized spacial score (nSPS) is 15.0. The number of rotatable bonds is 5. The van der Waals surface area contributed by atoms with Crippen LogP contribution >= 0.6 is 11.3 Å². The number of thiazole rings is 1. The molecule has 4 rings (SSSR count). The van der Waals surface area contributed by atoms with Crippen molar-refractivity contribution in [2.24, 2.45) is 0 Å². The summed E-state index contributed by atoms with van der Waals surface area (Å²) < 4.78 is 0. The molecule has 120 valence electrons. The Hall–Kier alpha value is -2.46. The molecular weight excluding hydrogens is 316 g/mol. The standard InChI is InChI=1S/C20H18N2OS/c23-19(20(10-11-20)16-4-2-1-3-5-16)22-17-8-6-15(7-9-17)12-18-13-21-14-24-18/h1-9,13-14H,10-12H2,(H,22,23). The Kier molecular flexibility index (Phi) is 3.90. The Morgan fingerprint density at radius 3 is 2.46 bits per heavy atom. The van der Waals surface area contributed by atoms with Crippen LogP contribution in [0, 0.1) is 0 Å². The number of nitrogens with one attached hydrogen (secondary N) is 1. The molecule has 1 aromatic heterocycles. The molecule has 0 spiro atoms. The van der Waals surface area contributed by atoms with Crippen molar-refractivity contribution in [1.82, 2.24) is 4.98 Å². The Morgan fingerprint density at radius 1 is 1.08 bits per heavy atom. The zero-order valence-corrected chi connectivity index (χ0v) is 14.1. The molecular formula is C20H18N2OS. The monoisotopic (exact) mass is 334 g/mol. The SMILES string of the molecule is O=C(Nc1ccc(Cc2cncs2)cc1)C1(c2ccccc2)CC1. The van der Waals surface area contributed by atoms with Gasteiger partial charge in [0.05, 0.1) is 10.9 Å². The summed E-state index contributed by atoms with van der Waals surface area (Å²) in [6.45, 7) is 0. The van der Waals surface area contributed by atoms with Gasteiger partial charge in [-0.15, -0.1) is 11.3 Å². The fraction of sp³-hybridized carbons (Fsp3) is 0.200. The average Bonchev–Trinajstić information content (AvgIpc) is 3.29. The van der Waals surface area contributed by atoms with Crippen LogP contribution in [0.25, 0.3) is 0 Å². The molecule has 1 aliphatic carbocycles. The summed E-state index contributed by atoms with van der Waals surface area (Å²) in [5, 5.41) is 3.08. The third-order valence-corrected chi connectivity index (χ3v) is 5.36. The van der Waals surface area contributed by atoms with Crippen molar-refractivity contribution >= 4 is 22.9 Å². The molecule has 1 N–H and O–H groups in total. The van der Waals surface area contributed by atoms with Crippen molar-refractivity contribution in [2.45, 2.75) is 24.7 Å². The molecule has 3 aromatic rings. The lowest BCUT2D eigenvalue weighted by Gasteiger charge is -2.16. The van der Waals surface area contributed by atoms with E-state index in [1.165, 1.54) is 10.4 Å². The fourth-order valence-electron chi connectivity index (χ4n) is 3.02. The van der Waals surface area contributed by atoms with Gasteiger partial charge in [0.1, 0.15) is 0 Å². The molecule has 0 unspecified atom stereocenters. The van der Waals surface area contributed by atoms with Crippen LogP contribution in [0.5, 0.6) is 0 Å². The van der Waals surface area contributed by atoms with Gasteiger partial charge in [-0.1, -0.05) is 42.5 Å². The van der Waals surface area contributed by atoms with Crippen LogP contribution in [0.4, 0.5) is 5.69 Å². The highest BCUT2D eigenvalue weighted by Crippen LogP contribution is 2.48. The molecule has 4 heteroatoms. The molecule has 1 fully saturated rings. The quantitative estimate of drug-likeness (QED) is 0.751. The minimum absolute atomic E-state index is 0.101. The number of nitrogens with zero attached hydrogens (tertiary/aromatic N) is 1. The van der Waals surface area contributed by atoms with Gasteiger partial charge in [-0.25, -0.2) is 0 Å². The van der Waals surface area contributed by atoms with Crippen LogP contribution in [-0.4, -0.2) is 10.9 Å². The maximum atomic E-state index is 12.7. The second-order valence-corrected chi connectivity index (χ2v) is 7.21. The smallest absolute Gasteiger partial charge is 0.235 e. The van der Waals surface area contributed by atoms with E-state index in [1.807, 2.05) is 54.2 Å². The zero-order valence-electron chi connectivity index (χ0n) is 13.2. The molecule has 1 aliphatic rings. The van der Waals surface area contributed by atoms with E-state index in [0.717, 1.165) is 30.5 Å². The van der Waals surface area contributed by atoms with Crippen molar-refractivity contribution in [3.8, 4) is 0 Å². The first-order valence-corrected chi connectivity index (χ1v) is 8.97. The molecule has 3 nitrogen and oxygen atoms in total. The molecule has 0 bridgehead atoms. The predicted octanol–water partition coefficient (Wildman–Crippen LogP) is 4.40. The van der Waals surface area contributed by atoms with Gasteiger partial charge in [0, 0.05) is 23.2 Å². The number of benzene rings is 2. The summed E-state index contributed by atoms with van der Waals surface area (Å²) in [6, 6.07) is 18.2. The number of amides is 1. The number of carbonyl (C=O) groups excluding carboxylic acids is 1. The molecule has 0 saturated heterocycles. The molecule has 1 amide bonds. The van der Waals surface area contributed by atoms with Gasteiger partial charge in [-0.3, -0.25) is 9.78 Å². The van der Waals surface area contributed by atoms with Crippen molar-refractivity contribution in [2.75, 3.05) is 5.32 Å². The fourth-order valence-corrected chi connectivity index (χ4v) is 3.65. The number of hydrogen-bond acceptors (Lipinski definition) is 3. The van der Waals surface area contributed by atoms with E-state index in [0.29, 0.717) is 0 Å². The van der Waals surface area contributed by atoms with E-state index in [1.54, 1.807) is 11.3 Å². The molecule has 0 radical (unpaired) electrons. The van der Waals surface area contributed by atoms with Gasteiger partial charge < -0.3 is 5.32 Å². The lowest BCUT2D eigenvalue weighted by molar-refractivity contribution is -0.118. The molecule has 0 aliphatic heterocycles. The van der Waals surface area contributed by atoms with Crippen LogP contribution in [0.15, 0.2) is 66.3 Å². The minimum atomic E-state index is -0.331. The van der Waals surface area contributed by atoms with Gasteiger partial charge in [0.15, 0.2) is 0 Å². The number of hydrogen-bond donors (Lipinski definition) is 1. The summed E-state index contributed by atoms with van der Waals surface area (Å²) in [5.74, 6) is 0.101. The van der Waals surface area contributed by atoms with Gasteiger partial charge in [0.2, 0.25) is 5.91 Å². The lowest BCUT2D eigenvalue weighted by Crippen LogP contribution is -2.27. The second kappa shape index (κ2) is 6.21. The van der Waals surface area contributed by atoms with E-state index in [2.05, 4.69) is 22.4 Å². The Balaban J connectivity index is 1.45. The molecule has 1 saturated carbocycles. The topological polar surface area (TPSA) is 42.0 Å². The van der Waals surface area contributed by atoms with Crippen LogP contribution in [-0.2, 0) is 16.6 Å². The van der Waals surface area contributed by atoms with Crippen LogP contribution in [0.2, 0.25) is 0 Å². The Morgan fingerprint density at radius 2 is 1.83 bits per heavy atom. The highest BCUT2D eigenvalue weighted by molar-refractivity contribution is 7.09. The van der Waals surface area contributed by atoms with Gasteiger partial charge in [-0.05, 0) is 36.1 Å². The summed E-state index contributed by atoms with van der Waals surface area (Å²) in [4.78, 5) is 18.1. The van der Waals surface area contributed by atoms with Crippen LogP contribution in [0.3, 0.4) is 0 Å². The van der Waals surface area contributed by atoms with E-state index in [4.69, 9.17) is 0 Å². The third kappa shape index (κ3) is 2.97. The van der Waals surface area contributed by atoms with Gasteiger partial charge in [0.25, 0.3) is 0 Å². The molecule has 1 heterocycles. The number of aromatic nitrogens is 1. The maximum absolute atomic E-state index is 12.7. The van der Waals surface area contributed by atoms with Crippen molar-refractivity contribution in [1.29, 1.82) is 0 Å². The van der Waals surface area contributed by atoms with Crippen LogP contribution in [0.1, 0.15) is 28.8 Å². The van der Waals surface area contributed by atoms with E-state index < -0.39 is 0 Å². The van der Waals surface area contributed by atoms with Crippen molar-refractivity contribution in [3.63, 3.8) is 0 Å².